The number of piperidine rings is 1. The first-order valence-electron chi connectivity index (χ1n) is 6.00. The summed E-state index contributed by atoms with van der Waals surface area (Å²) in [5, 5.41) is 9.01. The van der Waals surface area contributed by atoms with Crippen molar-refractivity contribution in [3.63, 3.8) is 0 Å². The molecule has 0 aromatic heterocycles. The molecule has 0 saturated carbocycles. The Morgan fingerprint density at radius 2 is 2.19 bits per heavy atom. The van der Waals surface area contributed by atoms with Crippen LogP contribution in [-0.4, -0.2) is 47.8 Å². The van der Waals surface area contributed by atoms with Crippen molar-refractivity contribution in [2.45, 2.75) is 51.2 Å². The van der Waals surface area contributed by atoms with E-state index < -0.39 is 5.60 Å². The molecule has 1 rings (SSSR count). The predicted octanol–water partition coefficient (Wildman–Crippen LogP) is 1.17. The second-order valence-corrected chi connectivity index (χ2v) is 4.87. The lowest BCUT2D eigenvalue weighted by Crippen LogP contribution is -2.52. The van der Waals surface area contributed by atoms with Gasteiger partial charge in [-0.3, -0.25) is 4.79 Å². The SMILES string of the molecule is COC(C)(C)C(=O)N1CCCCC1CCO. The molecule has 1 fully saturated rings. The van der Waals surface area contributed by atoms with E-state index in [1.165, 1.54) is 0 Å². The molecule has 1 unspecified atom stereocenters. The van der Waals surface area contributed by atoms with E-state index in [2.05, 4.69) is 0 Å². The molecule has 1 heterocycles. The van der Waals surface area contributed by atoms with Gasteiger partial charge in [-0.25, -0.2) is 0 Å². The van der Waals surface area contributed by atoms with Crippen molar-refractivity contribution in [2.24, 2.45) is 0 Å². The topological polar surface area (TPSA) is 49.8 Å². The number of hydrogen-bond donors (Lipinski definition) is 1. The average molecular weight is 229 g/mol. The molecule has 0 aromatic carbocycles. The summed E-state index contributed by atoms with van der Waals surface area (Å²) >= 11 is 0. The van der Waals surface area contributed by atoms with E-state index in [4.69, 9.17) is 9.84 Å². The Bertz CT molecular complexity index is 238. The van der Waals surface area contributed by atoms with E-state index in [1.807, 2.05) is 4.90 Å². The van der Waals surface area contributed by atoms with Gasteiger partial charge in [-0.1, -0.05) is 0 Å². The maximum Gasteiger partial charge on any atom is 0.254 e. The minimum atomic E-state index is -0.759. The molecule has 16 heavy (non-hydrogen) atoms. The molecule has 4 nitrogen and oxygen atoms in total. The number of likely N-dealkylation sites (tertiary alicyclic amines) is 1. The Kier molecular flexibility index (Phi) is 4.74. The molecule has 1 aliphatic heterocycles. The van der Waals surface area contributed by atoms with E-state index >= 15 is 0 Å². The smallest absolute Gasteiger partial charge is 0.254 e. The number of hydrogen-bond acceptors (Lipinski definition) is 3. The summed E-state index contributed by atoms with van der Waals surface area (Å²) in [5.41, 5.74) is -0.759. The highest BCUT2D eigenvalue weighted by Gasteiger charge is 2.36. The Morgan fingerprint density at radius 3 is 2.75 bits per heavy atom. The molecule has 1 aliphatic rings. The lowest BCUT2D eigenvalue weighted by Gasteiger charge is -2.39. The predicted molar refractivity (Wildman–Crippen MR) is 62.1 cm³/mol. The molecule has 0 spiro atoms. The third-order valence-corrected chi connectivity index (χ3v) is 3.38. The quantitative estimate of drug-likeness (QED) is 0.787. The second kappa shape index (κ2) is 5.64. The van der Waals surface area contributed by atoms with Crippen LogP contribution in [0.4, 0.5) is 0 Å². The third kappa shape index (κ3) is 2.95. The van der Waals surface area contributed by atoms with Gasteiger partial charge in [-0.2, -0.15) is 0 Å². The zero-order valence-electron chi connectivity index (χ0n) is 10.5. The number of rotatable bonds is 4. The third-order valence-electron chi connectivity index (χ3n) is 3.38. The van der Waals surface area contributed by atoms with E-state index in [0.29, 0.717) is 6.42 Å². The molecule has 1 saturated heterocycles. The van der Waals surface area contributed by atoms with Crippen LogP contribution in [0.5, 0.6) is 0 Å². The molecule has 1 N–H and O–H groups in total. The minimum Gasteiger partial charge on any atom is -0.396 e. The summed E-state index contributed by atoms with van der Waals surface area (Å²) < 4.78 is 5.23. The van der Waals surface area contributed by atoms with Gasteiger partial charge in [0.2, 0.25) is 0 Å². The van der Waals surface area contributed by atoms with Crippen LogP contribution in [0.1, 0.15) is 39.5 Å². The fourth-order valence-corrected chi connectivity index (χ4v) is 2.15. The van der Waals surface area contributed by atoms with E-state index in [1.54, 1.807) is 21.0 Å². The molecule has 4 heteroatoms. The normalized spacial score (nSPS) is 22.2. The summed E-state index contributed by atoms with van der Waals surface area (Å²) in [4.78, 5) is 14.1. The first kappa shape index (κ1) is 13.5. The van der Waals surface area contributed by atoms with Crippen molar-refractivity contribution < 1.29 is 14.6 Å². The highest BCUT2D eigenvalue weighted by Crippen LogP contribution is 2.23. The number of amides is 1. The van der Waals surface area contributed by atoms with Crippen molar-refractivity contribution in [3.05, 3.63) is 0 Å². The molecule has 0 aromatic rings. The zero-order valence-corrected chi connectivity index (χ0v) is 10.5. The fourth-order valence-electron chi connectivity index (χ4n) is 2.15. The Morgan fingerprint density at radius 1 is 1.50 bits per heavy atom. The van der Waals surface area contributed by atoms with Crippen molar-refractivity contribution in [2.75, 3.05) is 20.3 Å². The van der Waals surface area contributed by atoms with Gasteiger partial charge >= 0.3 is 0 Å². The maximum absolute atomic E-state index is 12.3. The second-order valence-electron chi connectivity index (χ2n) is 4.87. The van der Waals surface area contributed by atoms with Gasteiger partial charge in [-0.05, 0) is 39.5 Å². The maximum atomic E-state index is 12.3. The number of carbonyl (C=O) groups is 1. The van der Waals surface area contributed by atoms with Crippen LogP contribution in [0.3, 0.4) is 0 Å². The lowest BCUT2D eigenvalue weighted by atomic mass is 9.96. The van der Waals surface area contributed by atoms with E-state index in [-0.39, 0.29) is 18.6 Å². The lowest BCUT2D eigenvalue weighted by molar-refractivity contribution is -0.155. The van der Waals surface area contributed by atoms with E-state index in [9.17, 15) is 4.79 Å². The highest BCUT2D eigenvalue weighted by atomic mass is 16.5. The first-order valence-corrected chi connectivity index (χ1v) is 6.00. The number of methoxy groups -OCH3 is 1. The van der Waals surface area contributed by atoms with Gasteiger partial charge in [0.15, 0.2) is 0 Å². The monoisotopic (exact) mass is 229 g/mol. The van der Waals surface area contributed by atoms with Crippen LogP contribution < -0.4 is 0 Å². The number of aliphatic hydroxyl groups excluding tert-OH is 1. The van der Waals surface area contributed by atoms with Gasteiger partial charge in [0.05, 0.1) is 0 Å². The summed E-state index contributed by atoms with van der Waals surface area (Å²) in [6.45, 7) is 4.51. The summed E-state index contributed by atoms with van der Waals surface area (Å²) in [6.07, 6.45) is 3.85. The van der Waals surface area contributed by atoms with Crippen LogP contribution in [0.25, 0.3) is 0 Å². The number of ether oxygens (including phenoxy) is 1. The van der Waals surface area contributed by atoms with E-state index in [0.717, 1.165) is 25.8 Å². The zero-order chi connectivity index (χ0) is 12.2. The minimum absolute atomic E-state index is 0.0353. The van der Waals surface area contributed by atoms with Gasteiger partial charge < -0.3 is 14.7 Å². The number of carbonyl (C=O) groups excluding carboxylic acids is 1. The molecule has 94 valence electrons. The van der Waals surface area contributed by atoms with Gasteiger partial charge in [0, 0.05) is 26.3 Å². The highest BCUT2D eigenvalue weighted by molar-refractivity contribution is 5.84. The molecule has 0 radical (unpaired) electrons. The molecule has 0 aliphatic carbocycles. The number of nitrogens with zero attached hydrogens (tertiary/aromatic N) is 1. The average Bonchev–Trinajstić information content (AvgIpc) is 2.29. The largest absolute Gasteiger partial charge is 0.396 e. The molecule has 1 amide bonds. The van der Waals surface area contributed by atoms with Crippen molar-refractivity contribution in [3.8, 4) is 0 Å². The van der Waals surface area contributed by atoms with Gasteiger partial charge in [-0.15, -0.1) is 0 Å². The van der Waals surface area contributed by atoms with Crippen LogP contribution in [0, 0.1) is 0 Å². The standard InChI is InChI=1S/C12H23NO3/c1-12(2,16-3)11(15)13-8-5-4-6-10(13)7-9-14/h10,14H,4-9H2,1-3H3. The Balaban J connectivity index is 2.71. The van der Waals surface area contributed by atoms with Crippen LogP contribution >= 0.6 is 0 Å². The summed E-state index contributed by atoms with van der Waals surface area (Å²) in [6, 6.07) is 0.181. The summed E-state index contributed by atoms with van der Waals surface area (Å²) in [5.74, 6) is 0.0353. The van der Waals surface area contributed by atoms with Crippen molar-refractivity contribution in [1.29, 1.82) is 0 Å². The van der Waals surface area contributed by atoms with Crippen molar-refractivity contribution >= 4 is 5.91 Å². The number of aliphatic hydroxyl groups is 1. The molecule has 1 atom stereocenters. The van der Waals surface area contributed by atoms with Crippen LogP contribution in [-0.2, 0) is 9.53 Å². The summed E-state index contributed by atoms with van der Waals surface area (Å²) in [7, 11) is 1.56. The first-order chi connectivity index (χ1) is 7.53. The van der Waals surface area contributed by atoms with Gasteiger partial charge in [0.25, 0.3) is 5.91 Å². The molecular weight excluding hydrogens is 206 g/mol. The Labute approximate surface area is 97.6 Å². The molecular formula is C12H23NO3. The fraction of sp³-hybridized carbons (Fsp3) is 0.917. The van der Waals surface area contributed by atoms with Crippen molar-refractivity contribution in [1.82, 2.24) is 4.90 Å². The Hall–Kier alpha value is -0.610. The van der Waals surface area contributed by atoms with Crippen LogP contribution in [0.15, 0.2) is 0 Å². The van der Waals surface area contributed by atoms with Crippen LogP contribution in [0.2, 0.25) is 0 Å². The molecule has 0 bridgehead atoms. The van der Waals surface area contributed by atoms with Gasteiger partial charge in [0.1, 0.15) is 5.60 Å².